The molecule has 3 aromatic rings. The van der Waals surface area contributed by atoms with Gasteiger partial charge in [0.05, 0.1) is 24.5 Å². The number of hydrogen-bond acceptors (Lipinski definition) is 6. The molecular formula is C24H24N4O5. The van der Waals surface area contributed by atoms with Crippen LogP contribution in [0.15, 0.2) is 53.1 Å². The molecule has 9 heteroatoms. The Kier molecular flexibility index (Phi) is 6.12. The summed E-state index contributed by atoms with van der Waals surface area (Å²) >= 11 is 0. The maximum atomic E-state index is 12.9. The van der Waals surface area contributed by atoms with Crippen LogP contribution in [0.4, 0.5) is 11.4 Å². The summed E-state index contributed by atoms with van der Waals surface area (Å²) in [7, 11) is 0. The van der Waals surface area contributed by atoms with Crippen LogP contribution in [0.25, 0.3) is 0 Å². The minimum atomic E-state index is -0.647. The molecule has 0 spiro atoms. The summed E-state index contributed by atoms with van der Waals surface area (Å²) in [5, 5.41) is 9.30. The summed E-state index contributed by atoms with van der Waals surface area (Å²) in [6.07, 6.45) is -0.647. The summed E-state index contributed by atoms with van der Waals surface area (Å²) in [5.74, 6) is 0.229. The zero-order valence-electron chi connectivity index (χ0n) is 18.5. The Morgan fingerprint density at radius 3 is 2.58 bits per heavy atom. The van der Waals surface area contributed by atoms with Gasteiger partial charge in [-0.3, -0.25) is 14.4 Å². The number of carbonyl (C=O) groups is 3. The Bertz CT molecular complexity index is 1190. The fourth-order valence-corrected chi connectivity index (χ4v) is 3.59. The molecule has 1 atom stereocenters. The molecule has 1 aliphatic rings. The molecule has 0 radical (unpaired) electrons. The number of hydrogen-bond donors (Lipinski definition) is 2. The monoisotopic (exact) mass is 448 g/mol. The van der Waals surface area contributed by atoms with Gasteiger partial charge >= 0.3 is 0 Å². The van der Waals surface area contributed by atoms with E-state index in [0.29, 0.717) is 34.1 Å². The first-order chi connectivity index (χ1) is 15.8. The highest BCUT2D eigenvalue weighted by Crippen LogP contribution is 2.37. The second-order valence-corrected chi connectivity index (χ2v) is 7.77. The van der Waals surface area contributed by atoms with Crippen molar-refractivity contribution in [2.24, 2.45) is 0 Å². The van der Waals surface area contributed by atoms with Crippen molar-refractivity contribution >= 4 is 29.1 Å². The SMILES string of the molecule is Cc1noc(C)c1CN1C(=O)C(C)Oc2ccc(NC(=O)CNC(=O)c3ccccc3)cc21. The Morgan fingerprint density at radius 2 is 1.88 bits per heavy atom. The lowest BCUT2D eigenvalue weighted by molar-refractivity contribution is -0.125. The molecule has 0 saturated heterocycles. The smallest absolute Gasteiger partial charge is 0.268 e. The predicted molar refractivity (Wildman–Crippen MR) is 121 cm³/mol. The van der Waals surface area contributed by atoms with Crippen LogP contribution in [0.1, 0.15) is 34.3 Å². The molecule has 2 N–H and O–H groups in total. The van der Waals surface area contributed by atoms with E-state index in [1.807, 2.05) is 13.0 Å². The van der Waals surface area contributed by atoms with Gasteiger partial charge < -0.3 is 24.8 Å². The number of aromatic nitrogens is 1. The largest absolute Gasteiger partial charge is 0.479 e. The maximum Gasteiger partial charge on any atom is 0.268 e. The summed E-state index contributed by atoms with van der Waals surface area (Å²) < 4.78 is 11.0. The Hall–Kier alpha value is -4.14. The number of amides is 3. The number of anilines is 2. The van der Waals surface area contributed by atoms with Crippen molar-refractivity contribution in [1.82, 2.24) is 10.5 Å². The Labute approximate surface area is 190 Å². The summed E-state index contributed by atoms with van der Waals surface area (Å²) in [6.45, 7) is 5.38. The molecule has 0 bridgehead atoms. The number of benzene rings is 2. The minimum Gasteiger partial charge on any atom is -0.479 e. The Balaban J connectivity index is 1.49. The zero-order valence-corrected chi connectivity index (χ0v) is 18.5. The molecule has 170 valence electrons. The van der Waals surface area contributed by atoms with E-state index < -0.39 is 12.0 Å². The van der Waals surface area contributed by atoms with Crippen LogP contribution < -0.4 is 20.3 Å². The lowest BCUT2D eigenvalue weighted by atomic mass is 10.1. The summed E-state index contributed by atoms with van der Waals surface area (Å²) in [4.78, 5) is 39.0. The van der Waals surface area contributed by atoms with Crippen molar-refractivity contribution in [3.63, 3.8) is 0 Å². The average Bonchev–Trinajstić information content (AvgIpc) is 3.13. The zero-order chi connectivity index (χ0) is 23.5. The number of fused-ring (bicyclic) bond motifs is 1. The highest BCUT2D eigenvalue weighted by atomic mass is 16.5. The quantitative estimate of drug-likeness (QED) is 0.599. The van der Waals surface area contributed by atoms with Crippen LogP contribution in [-0.4, -0.2) is 35.5 Å². The third kappa shape index (κ3) is 4.72. The molecule has 2 heterocycles. The number of carbonyl (C=O) groups excluding carboxylic acids is 3. The molecule has 1 unspecified atom stereocenters. The van der Waals surface area contributed by atoms with E-state index in [0.717, 1.165) is 5.56 Å². The molecule has 3 amide bonds. The normalized spacial score (nSPS) is 14.9. The standard InChI is InChI=1S/C24H24N4O5/c1-14-19(15(2)33-27-14)13-28-20-11-18(9-10-21(20)32-16(3)24(28)31)26-22(29)12-25-23(30)17-7-5-4-6-8-17/h4-11,16H,12-13H2,1-3H3,(H,25,30)(H,26,29). The van der Waals surface area contributed by atoms with Crippen LogP contribution in [0, 0.1) is 13.8 Å². The van der Waals surface area contributed by atoms with Gasteiger partial charge in [-0.25, -0.2) is 0 Å². The van der Waals surface area contributed by atoms with Crippen LogP contribution >= 0.6 is 0 Å². The third-order valence-electron chi connectivity index (χ3n) is 5.39. The second kappa shape index (κ2) is 9.15. The van der Waals surface area contributed by atoms with E-state index in [9.17, 15) is 14.4 Å². The van der Waals surface area contributed by atoms with Crippen molar-refractivity contribution in [3.8, 4) is 5.75 Å². The van der Waals surface area contributed by atoms with Gasteiger partial charge in [-0.1, -0.05) is 23.4 Å². The number of nitrogens with zero attached hydrogens (tertiary/aromatic N) is 2. The van der Waals surface area contributed by atoms with E-state index in [2.05, 4.69) is 15.8 Å². The molecular weight excluding hydrogens is 424 g/mol. The fraction of sp³-hybridized carbons (Fsp3) is 0.250. The number of aryl methyl sites for hydroxylation is 2. The summed E-state index contributed by atoms with van der Waals surface area (Å²) in [6, 6.07) is 13.7. The molecule has 1 aliphatic heterocycles. The number of nitrogens with one attached hydrogen (secondary N) is 2. The molecule has 4 rings (SSSR count). The van der Waals surface area contributed by atoms with E-state index in [1.54, 1.807) is 61.2 Å². The first kappa shape index (κ1) is 22.1. The molecule has 0 saturated carbocycles. The van der Waals surface area contributed by atoms with Gasteiger partial charge in [0, 0.05) is 16.8 Å². The van der Waals surface area contributed by atoms with Gasteiger partial charge in [0.25, 0.3) is 11.8 Å². The van der Waals surface area contributed by atoms with Crippen LogP contribution in [0.3, 0.4) is 0 Å². The van der Waals surface area contributed by atoms with Gasteiger partial charge in [0.2, 0.25) is 5.91 Å². The van der Waals surface area contributed by atoms with Crippen LogP contribution in [0.2, 0.25) is 0 Å². The first-order valence-corrected chi connectivity index (χ1v) is 10.5. The molecule has 0 aliphatic carbocycles. The second-order valence-electron chi connectivity index (χ2n) is 7.77. The van der Waals surface area contributed by atoms with Crippen molar-refractivity contribution in [1.29, 1.82) is 0 Å². The van der Waals surface area contributed by atoms with E-state index in [4.69, 9.17) is 9.26 Å². The van der Waals surface area contributed by atoms with Gasteiger partial charge in [-0.2, -0.15) is 0 Å². The van der Waals surface area contributed by atoms with Gasteiger partial charge in [-0.05, 0) is 51.1 Å². The predicted octanol–water partition coefficient (Wildman–Crippen LogP) is 2.97. The average molecular weight is 448 g/mol. The van der Waals surface area contributed by atoms with Crippen LogP contribution in [0.5, 0.6) is 5.75 Å². The van der Waals surface area contributed by atoms with Gasteiger partial charge in [0.1, 0.15) is 11.5 Å². The highest BCUT2D eigenvalue weighted by Gasteiger charge is 2.33. The highest BCUT2D eigenvalue weighted by molar-refractivity contribution is 6.02. The fourth-order valence-electron chi connectivity index (χ4n) is 3.59. The van der Waals surface area contributed by atoms with Crippen molar-refractivity contribution in [2.45, 2.75) is 33.4 Å². The first-order valence-electron chi connectivity index (χ1n) is 10.5. The minimum absolute atomic E-state index is 0.194. The maximum absolute atomic E-state index is 12.9. The molecule has 2 aromatic carbocycles. The van der Waals surface area contributed by atoms with E-state index in [-0.39, 0.29) is 24.9 Å². The number of rotatable bonds is 6. The van der Waals surface area contributed by atoms with Crippen molar-refractivity contribution in [3.05, 3.63) is 71.1 Å². The van der Waals surface area contributed by atoms with E-state index in [1.165, 1.54) is 0 Å². The lowest BCUT2D eigenvalue weighted by Gasteiger charge is -2.33. The molecule has 33 heavy (non-hydrogen) atoms. The van der Waals surface area contributed by atoms with Crippen molar-refractivity contribution < 1.29 is 23.6 Å². The topological polar surface area (TPSA) is 114 Å². The Morgan fingerprint density at radius 1 is 1.12 bits per heavy atom. The number of ether oxygens (including phenoxy) is 1. The van der Waals surface area contributed by atoms with Crippen molar-refractivity contribution in [2.75, 3.05) is 16.8 Å². The lowest BCUT2D eigenvalue weighted by Crippen LogP contribution is -2.44. The van der Waals surface area contributed by atoms with Crippen LogP contribution in [-0.2, 0) is 16.1 Å². The van der Waals surface area contributed by atoms with E-state index >= 15 is 0 Å². The summed E-state index contributed by atoms with van der Waals surface area (Å²) in [5.41, 5.74) is 3.01. The third-order valence-corrected chi connectivity index (χ3v) is 5.39. The van der Waals surface area contributed by atoms with Gasteiger partial charge in [0.15, 0.2) is 6.10 Å². The molecule has 9 nitrogen and oxygen atoms in total. The van der Waals surface area contributed by atoms with Gasteiger partial charge in [-0.15, -0.1) is 0 Å². The molecule has 1 aromatic heterocycles. The molecule has 0 fully saturated rings.